The molecule has 0 saturated carbocycles. The van der Waals surface area contributed by atoms with Gasteiger partial charge >= 0.3 is 0 Å². The van der Waals surface area contributed by atoms with Crippen LogP contribution in [0.1, 0.15) is 42.6 Å². The second kappa shape index (κ2) is 7.00. The molecule has 7 heteroatoms. The molecule has 4 rings (SSSR count). The Morgan fingerprint density at radius 2 is 2.11 bits per heavy atom. The summed E-state index contributed by atoms with van der Waals surface area (Å²) in [5.41, 5.74) is 3.79. The third-order valence-corrected chi connectivity index (χ3v) is 5.78. The van der Waals surface area contributed by atoms with E-state index in [1.165, 1.54) is 10.4 Å². The molecule has 0 fully saturated rings. The van der Waals surface area contributed by atoms with Crippen LogP contribution >= 0.6 is 11.3 Å². The van der Waals surface area contributed by atoms with Gasteiger partial charge in [-0.3, -0.25) is 9.59 Å². The highest BCUT2D eigenvalue weighted by Gasteiger charge is 2.24. The number of nitrogens with zero attached hydrogens (tertiary/aromatic N) is 2. The zero-order chi connectivity index (χ0) is 19.0. The number of nitrogens with one attached hydrogen (secondary N) is 1. The van der Waals surface area contributed by atoms with Gasteiger partial charge in [0.2, 0.25) is 5.76 Å². The van der Waals surface area contributed by atoms with Gasteiger partial charge in [-0.2, -0.15) is 0 Å². The quantitative estimate of drug-likeness (QED) is 0.749. The number of carbonyl (C=O) groups excluding carboxylic acids is 2. The molecule has 1 aliphatic rings. The summed E-state index contributed by atoms with van der Waals surface area (Å²) in [7, 11) is 0. The van der Waals surface area contributed by atoms with Crippen LogP contribution in [0.3, 0.4) is 0 Å². The van der Waals surface area contributed by atoms with Crippen LogP contribution in [-0.2, 0) is 13.0 Å². The number of rotatable bonds is 3. The van der Waals surface area contributed by atoms with Crippen LogP contribution in [0.4, 0.5) is 5.69 Å². The first kappa shape index (κ1) is 17.5. The molecule has 1 N–H and O–H groups in total. The molecular weight excluding hydrogens is 362 g/mol. The fourth-order valence-corrected chi connectivity index (χ4v) is 4.14. The van der Waals surface area contributed by atoms with Crippen LogP contribution in [0.25, 0.3) is 0 Å². The molecule has 3 heterocycles. The second-order valence-electron chi connectivity index (χ2n) is 6.61. The predicted molar refractivity (Wildman–Crippen MR) is 103 cm³/mol. The van der Waals surface area contributed by atoms with Crippen molar-refractivity contribution >= 4 is 28.8 Å². The number of aryl methyl sites for hydroxylation is 1. The lowest BCUT2D eigenvalue weighted by Crippen LogP contribution is -2.35. The predicted octanol–water partition coefficient (Wildman–Crippen LogP) is 3.80. The van der Waals surface area contributed by atoms with Crippen LogP contribution in [0.15, 0.2) is 40.2 Å². The molecule has 138 valence electrons. The van der Waals surface area contributed by atoms with Crippen molar-refractivity contribution in [3.8, 4) is 0 Å². The molecule has 27 heavy (non-hydrogen) atoms. The standard InChI is InChI=1S/C20H19N3O3S/c1-12-10-17(26-22-12)19(24)21-16-5-3-4-15(13(16)2)20(25)23-8-6-18-14(11-23)7-9-27-18/h3-5,7,9-10H,6,8,11H2,1-2H3,(H,21,24). The number of aromatic nitrogens is 1. The van der Waals surface area contributed by atoms with Gasteiger partial charge in [0.1, 0.15) is 0 Å². The van der Waals surface area contributed by atoms with E-state index in [9.17, 15) is 9.59 Å². The van der Waals surface area contributed by atoms with E-state index in [0.29, 0.717) is 30.0 Å². The minimum atomic E-state index is -0.385. The van der Waals surface area contributed by atoms with E-state index in [1.54, 1.807) is 42.5 Å². The van der Waals surface area contributed by atoms with Gasteiger partial charge in [0.15, 0.2) is 0 Å². The molecule has 0 radical (unpaired) electrons. The molecule has 0 spiro atoms. The van der Waals surface area contributed by atoms with Crippen molar-refractivity contribution in [2.45, 2.75) is 26.8 Å². The number of thiophene rings is 1. The Hall–Kier alpha value is -2.93. The molecule has 2 amide bonds. The van der Waals surface area contributed by atoms with Crippen LogP contribution in [0.2, 0.25) is 0 Å². The molecule has 1 aromatic carbocycles. The average molecular weight is 381 g/mol. The van der Waals surface area contributed by atoms with Crippen molar-refractivity contribution in [1.82, 2.24) is 10.1 Å². The highest BCUT2D eigenvalue weighted by Crippen LogP contribution is 2.27. The van der Waals surface area contributed by atoms with E-state index in [1.807, 2.05) is 11.8 Å². The van der Waals surface area contributed by atoms with E-state index in [0.717, 1.165) is 12.0 Å². The molecule has 6 nitrogen and oxygen atoms in total. The summed E-state index contributed by atoms with van der Waals surface area (Å²) in [5, 5.41) is 8.61. The van der Waals surface area contributed by atoms with Crippen molar-refractivity contribution in [1.29, 1.82) is 0 Å². The summed E-state index contributed by atoms with van der Waals surface area (Å²) < 4.78 is 5.00. The normalized spacial score (nSPS) is 13.3. The van der Waals surface area contributed by atoms with E-state index in [-0.39, 0.29) is 17.6 Å². The molecule has 2 aromatic heterocycles. The van der Waals surface area contributed by atoms with Crippen molar-refractivity contribution < 1.29 is 14.1 Å². The molecule has 3 aromatic rings. The molecule has 0 aliphatic carbocycles. The minimum absolute atomic E-state index is 0.0176. The minimum Gasteiger partial charge on any atom is -0.351 e. The average Bonchev–Trinajstić information content (AvgIpc) is 3.31. The second-order valence-corrected chi connectivity index (χ2v) is 7.61. The van der Waals surface area contributed by atoms with E-state index >= 15 is 0 Å². The first-order valence-corrected chi connectivity index (χ1v) is 9.59. The number of anilines is 1. The fourth-order valence-electron chi connectivity index (χ4n) is 3.25. The van der Waals surface area contributed by atoms with Gasteiger partial charge in [-0.05, 0) is 55.0 Å². The molecule has 0 unspecified atom stereocenters. The number of hydrogen-bond donors (Lipinski definition) is 1. The zero-order valence-corrected chi connectivity index (χ0v) is 15.9. The SMILES string of the molecule is Cc1cc(C(=O)Nc2cccc(C(=O)N3CCc4sccc4C3)c2C)on1. The summed E-state index contributed by atoms with van der Waals surface area (Å²) in [4.78, 5) is 28.6. The number of hydrogen-bond acceptors (Lipinski definition) is 5. The van der Waals surface area contributed by atoms with Gasteiger partial charge in [0.25, 0.3) is 11.8 Å². The lowest BCUT2D eigenvalue weighted by Gasteiger charge is -2.28. The first-order valence-electron chi connectivity index (χ1n) is 8.71. The van der Waals surface area contributed by atoms with E-state index in [2.05, 4.69) is 21.9 Å². The van der Waals surface area contributed by atoms with Crippen LogP contribution in [0, 0.1) is 13.8 Å². The third-order valence-electron chi connectivity index (χ3n) is 4.76. The smallest absolute Gasteiger partial charge is 0.294 e. The monoisotopic (exact) mass is 381 g/mol. The highest BCUT2D eigenvalue weighted by molar-refractivity contribution is 7.10. The Morgan fingerprint density at radius 3 is 2.89 bits per heavy atom. The molecule has 1 aliphatic heterocycles. The van der Waals surface area contributed by atoms with Gasteiger partial charge in [-0.1, -0.05) is 11.2 Å². The Labute approximate surface area is 160 Å². The Bertz CT molecular complexity index is 1020. The maximum Gasteiger partial charge on any atom is 0.294 e. The Balaban J connectivity index is 1.55. The fraction of sp³-hybridized carbons (Fsp3) is 0.250. The van der Waals surface area contributed by atoms with Crippen LogP contribution < -0.4 is 5.32 Å². The summed E-state index contributed by atoms with van der Waals surface area (Å²) in [6, 6.07) is 9.02. The van der Waals surface area contributed by atoms with Gasteiger partial charge < -0.3 is 14.7 Å². The van der Waals surface area contributed by atoms with Gasteiger partial charge in [0.05, 0.1) is 5.69 Å². The maximum absolute atomic E-state index is 13.1. The summed E-state index contributed by atoms with van der Waals surface area (Å²) in [6.07, 6.45) is 0.888. The van der Waals surface area contributed by atoms with Crippen LogP contribution in [0.5, 0.6) is 0 Å². The van der Waals surface area contributed by atoms with Gasteiger partial charge in [-0.25, -0.2) is 0 Å². The van der Waals surface area contributed by atoms with Crippen molar-refractivity contribution in [3.05, 3.63) is 68.7 Å². The van der Waals surface area contributed by atoms with Crippen molar-refractivity contribution in [2.75, 3.05) is 11.9 Å². The Kier molecular flexibility index (Phi) is 4.53. The largest absolute Gasteiger partial charge is 0.351 e. The van der Waals surface area contributed by atoms with Crippen molar-refractivity contribution in [2.24, 2.45) is 0 Å². The lowest BCUT2D eigenvalue weighted by molar-refractivity contribution is 0.0735. The topological polar surface area (TPSA) is 75.4 Å². The number of fused-ring (bicyclic) bond motifs is 1. The summed E-state index contributed by atoms with van der Waals surface area (Å²) in [5.74, 6) is -0.259. The summed E-state index contributed by atoms with van der Waals surface area (Å²) >= 11 is 1.75. The third kappa shape index (κ3) is 3.38. The van der Waals surface area contributed by atoms with Crippen LogP contribution in [-0.4, -0.2) is 28.4 Å². The molecule has 0 atom stereocenters. The number of carbonyl (C=O) groups is 2. The van der Waals surface area contributed by atoms with E-state index < -0.39 is 0 Å². The Morgan fingerprint density at radius 1 is 1.26 bits per heavy atom. The summed E-state index contributed by atoms with van der Waals surface area (Å²) in [6.45, 7) is 4.93. The first-order chi connectivity index (χ1) is 13.0. The molecule has 0 bridgehead atoms. The van der Waals surface area contributed by atoms with Gasteiger partial charge in [0, 0.05) is 35.3 Å². The highest BCUT2D eigenvalue weighted by atomic mass is 32.1. The zero-order valence-electron chi connectivity index (χ0n) is 15.1. The maximum atomic E-state index is 13.1. The van der Waals surface area contributed by atoms with Gasteiger partial charge in [-0.15, -0.1) is 11.3 Å². The molecular formula is C20H19N3O3S. The number of amides is 2. The molecule has 0 saturated heterocycles. The lowest BCUT2D eigenvalue weighted by atomic mass is 10.0. The van der Waals surface area contributed by atoms with Crippen molar-refractivity contribution in [3.63, 3.8) is 0 Å². The number of benzene rings is 1. The van der Waals surface area contributed by atoms with E-state index in [4.69, 9.17) is 4.52 Å².